The van der Waals surface area contributed by atoms with Gasteiger partial charge in [-0.2, -0.15) is 9.65 Å². The Hall–Kier alpha value is -4.64. The summed E-state index contributed by atoms with van der Waals surface area (Å²) in [6.07, 6.45) is 4.10. The Morgan fingerprint density at radius 1 is 1.10 bits per heavy atom. The first-order chi connectivity index (χ1) is 20.2. The first-order valence-electron chi connectivity index (χ1n) is 12.6. The van der Waals surface area contributed by atoms with Crippen LogP contribution in [0.3, 0.4) is 0 Å². The van der Waals surface area contributed by atoms with Crippen LogP contribution in [0.2, 0.25) is 5.02 Å². The number of aromatic nitrogens is 2. The minimum absolute atomic E-state index is 0.000697. The average molecular weight is 597 g/mol. The number of halogens is 5. The van der Waals surface area contributed by atoms with Gasteiger partial charge in [0.2, 0.25) is 5.95 Å². The van der Waals surface area contributed by atoms with Crippen molar-refractivity contribution >= 4 is 39.6 Å². The third kappa shape index (κ3) is 5.47. The topological polar surface area (TPSA) is 110 Å². The molecule has 0 unspecified atom stereocenters. The molecule has 2 aliphatic rings. The minimum atomic E-state index is -1.48. The summed E-state index contributed by atoms with van der Waals surface area (Å²) in [5, 5.41) is 18.3. The van der Waals surface area contributed by atoms with Gasteiger partial charge >= 0.3 is 0 Å². The van der Waals surface area contributed by atoms with E-state index in [4.69, 9.17) is 16.3 Å². The first-order valence-corrected chi connectivity index (χ1v) is 13.0. The lowest BCUT2D eigenvalue weighted by Crippen LogP contribution is -2.55. The Labute approximate surface area is 241 Å². The molecule has 0 bridgehead atoms. The maximum absolute atomic E-state index is 14.7. The van der Waals surface area contributed by atoms with Crippen molar-refractivity contribution in [2.75, 3.05) is 30.4 Å². The van der Waals surface area contributed by atoms with Crippen LogP contribution in [0.1, 0.15) is 17.2 Å². The van der Waals surface area contributed by atoms with E-state index in [1.54, 1.807) is 35.5 Å². The highest BCUT2D eigenvalue weighted by Crippen LogP contribution is 2.37. The number of hydrogen-bond acceptors (Lipinski definition) is 9. The van der Waals surface area contributed by atoms with Crippen LogP contribution < -0.4 is 21.6 Å². The molecule has 9 nitrogen and oxygen atoms in total. The van der Waals surface area contributed by atoms with Gasteiger partial charge < -0.3 is 20.8 Å². The Morgan fingerprint density at radius 2 is 1.88 bits per heavy atom. The minimum Gasteiger partial charge on any atom is -0.374 e. The Kier molecular flexibility index (Phi) is 7.19. The van der Waals surface area contributed by atoms with Gasteiger partial charge in [0.15, 0.2) is 11.5 Å². The van der Waals surface area contributed by atoms with Crippen LogP contribution in [0.4, 0.5) is 34.6 Å². The van der Waals surface area contributed by atoms with E-state index in [1.165, 1.54) is 18.3 Å². The van der Waals surface area contributed by atoms with Gasteiger partial charge in [0.05, 0.1) is 65.2 Å². The number of nitrogens with zero attached hydrogens (tertiary/aromatic N) is 4. The molecule has 214 valence electrons. The molecule has 1 fully saturated rings. The number of nitrogens with one attached hydrogen (secondary N) is 4. The molecule has 2 aromatic heterocycles. The van der Waals surface area contributed by atoms with E-state index < -0.39 is 29.3 Å². The predicted molar refractivity (Wildman–Crippen MR) is 147 cm³/mol. The second kappa shape index (κ2) is 11.0. The number of fused-ring (bicyclic) bond motifs is 1. The lowest BCUT2D eigenvalue weighted by Gasteiger charge is -2.36. The molecule has 4 N–H and O–H groups in total. The number of benzene rings is 2. The maximum Gasteiger partial charge on any atom is 0.249 e. The van der Waals surface area contributed by atoms with Gasteiger partial charge in [0, 0.05) is 29.5 Å². The van der Waals surface area contributed by atoms with Crippen molar-refractivity contribution in [2.45, 2.75) is 11.7 Å². The van der Waals surface area contributed by atoms with Crippen molar-refractivity contribution in [1.82, 2.24) is 25.9 Å². The number of nitriles is 1. The molecule has 2 aliphatic heterocycles. The zero-order chi connectivity index (χ0) is 29.4. The molecule has 4 heterocycles. The van der Waals surface area contributed by atoms with Gasteiger partial charge in [-0.3, -0.25) is 9.99 Å². The fourth-order valence-electron chi connectivity index (χ4n) is 4.68. The lowest BCUT2D eigenvalue weighted by molar-refractivity contribution is -0.140. The highest BCUT2D eigenvalue weighted by atomic mass is 35.5. The van der Waals surface area contributed by atoms with Crippen molar-refractivity contribution < 1.29 is 22.3 Å². The van der Waals surface area contributed by atoms with E-state index in [9.17, 15) is 22.8 Å². The number of anilines is 3. The van der Waals surface area contributed by atoms with Crippen molar-refractivity contribution in [3.05, 3.63) is 100 Å². The molecule has 1 atom stereocenters. The molecule has 2 aromatic carbocycles. The molecule has 0 saturated carbocycles. The monoisotopic (exact) mass is 596 g/mol. The Bertz CT molecular complexity index is 1740. The number of ether oxygens (including phenoxy) is 1. The summed E-state index contributed by atoms with van der Waals surface area (Å²) in [4.78, 5) is 7.69. The van der Waals surface area contributed by atoms with E-state index in [0.29, 0.717) is 27.9 Å². The fourth-order valence-corrected chi connectivity index (χ4v) is 4.95. The van der Waals surface area contributed by atoms with Crippen molar-refractivity contribution in [3.8, 4) is 6.07 Å². The van der Waals surface area contributed by atoms with Gasteiger partial charge in [0.25, 0.3) is 0 Å². The lowest BCUT2D eigenvalue weighted by atomic mass is 10.0. The number of rotatable bonds is 8. The van der Waals surface area contributed by atoms with E-state index >= 15 is 0 Å². The maximum atomic E-state index is 14.7. The van der Waals surface area contributed by atoms with E-state index in [-0.39, 0.29) is 41.7 Å². The quantitative estimate of drug-likeness (QED) is 0.158. The van der Waals surface area contributed by atoms with Gasteiger partial charge in [-0.15, -0.1) is 5.53 Å². The average Bonchev–Trinajstić information content (AvgIpc) is 3.41. The normalized spacial score (nSPS) is 16.3. The van der Waals surface area contributed by atoms with Crippen molar-refractivity contribution in [2.24, 2.45) is 0 Å². The molecule has 4 aromatic rings. The number of hydrazine groups is 2. The van der Waals surface area contributed by atoms with Crippen LogP contribution in [0.15, 0.2) is 66.8 Å². The van der Waals surface area contributed by atoms with Crippen LogP contribution in [-0.2, 0) is 4.74 Å². The number of alkyl halides is 1. The molecular formula is C28H21ClF4N8O. The Morgan fingerprint density at radius 3 is 2.57 bits per heavy atom. The third-order valence-corrected chi connectivity index (χ3v) is 7.04. The summed E-state index contributed by atoms with van der Waals surface area (Å²) in [5.41, 5.74) is 7.04. The summed E-state index contributed by atoms with van der Waals surface area (Å²) in [6, 6.07) is 11.5. The SMILES string of the molecule is N#Cc1cnc2c(Cl)cc(N[C@H](C3=CN(CC4(F)COC4)NN3)c3ccc(F)cc3)cc2c1Nc1cnc(F)c(F)c1. The molecule has 0 spiro atoms. The summed E-state index contributed by atoms with van der Waals surface area (Å²) in [5.74, 6) is -2.84. The molecule has 0 amide bonds. The van der Waals surface area contributed by atoms with E-state index in [2.05, 4.69) is 31.6 Å². The standard InChI is InChI=1S/C28H21ClF4N8O/c29-21-6-18(5-20-24(16(8-34)9-35-26(20)21)38-19-7-22(31)27(32)36-10-19)37-25(15-1-3-17(30)4-2-15)23-11-41(40-39-23)12-28(33)13-42-14-28/h1-7,9-11,25,37,39-40H,12-14H2,(H,35,38)/t25-/m0/s1. The predicted octanol–water partition coefficient (Wildman–Crippen LogP) is 5.37. The van der Waals surface area contributed by atoms with Gasteiger partial charge in [-0.1, -0.05) is 23.7 Å². The molecule has 0 radical (unpaired) electrons. The molecular weight excluding hydrogens is 576 g/mol. The van der Waals surface area contributed by atoms with Gasteiger partial charge in [-0.05, 0) is 29.8 Å². The van der Waals surface area contributed by atoms with E-state index in [1.807, 2.05) is 6.07 Å². The summed E-state index contributed by atoms with van der Waals surface area (Å²) in [6.45, 7) is 0.0382. The molecule has 0 aliphatic carbocycles. The zero-order valence-electron chi connectivity index (χ0n) is 21.6. The largest absolute Gasteiger partial charge is 0.374 e. The van der Waals surface area contributed by atoms with Gasteiger partial charge in [-0.25, -0.2) is 18.2 Å². The summed E-state index contributed by atoms with van der Waals surface area (Å²) in [7, 11) is 0. The molecule has 6 rings (SSSR count). The highest BCUT2D eigenvalue weighted by Gasteiger charge is 2.41. The Balaban J connectivity index is 1.38. The summed E-state index contributed by atoms with van der Waals surface area (Å²) >= 11 is 6.62. The summed E-state index contributed by atoms with van der Waals surface area (Å²) < 4.78 is 60.8. The van der Waals surface area contributed by atoms with Crippen LogP contribution >= 0.6 is 11.6 Å². The molecule has 14 heteroatoms. The second-order valence-electron chi connectivity index (χ2n) is 9.86. The van der Waals surface area contributed by atoms with Crippen molar-refractivity contribution in [3.63, 3.8) is 0 Å². The second-order valence-corrected chi connectivity index (χ2v) is 10.3. The van der Waals surface area contributed by atoms with Crippen LogP contribution in [0, 0.1) is 28.9 Å². The zero-order valence-corrected chi connectivity index (χ0v) is 22.3. The third-order valence-electron chi connectivity index (χ3n) is 6.75. The number of pyridine rings is 2. The van der Waals surface area contributed by atoms with Crippen LogP contribution in [0.25, 0.3) is 10.9 Å². The van der Waals surface area contributed by atoms with E-state index in [0.717, 1.165) is 12.3 Å². The first kappa shape index (κ1) is 27.5. The van der Waals surface area contributed by atoms with Crippen LogP contribution in [0.5, 0.6) is 0 Å². The highest BCUT2D eigenvalue weighted by molar-refractivity contribution is 6.36. The van der Waals surface area contributed by atoms with Crippen LogP contribution in [-0.4, -0.2) is 40.4 Å². The van der Waals surface area contributed by atoms with Crippen molar-refractivity contribution in [1.29, 1.82) is 5.26 Å². The molecule has 1 saturated heterocycles. The fraction of sp³-hybridized carbons (Fsp3) is 0.179. The van der Waals surface area contributed by atoms with Gasteiger partial charge in [0.1, 0.15) is 11.9 Å². The molecule has 42 heavy (non-hydrogen) atoms. The smallest absolute Gasteiger partial charge is 0.249 e. The number of hydrogen-bond donors (Lipinski definition) is 4.